The summed E-state index contributed by atoms with van der Waals surface area (Å²) in [6.07, 6.45) is 1.90. The highest BCUT2D eigenvalue weighted by atomic mass is 14.9. The number of aromatic nitrogens is 1. The van der Waals surface area contributed by atoms with Gasteiger partial charge in [0.05, 0.1) is 11.7 Å². The summed E-state index contributed by atoms with van der Waals surface area (Å²) in [6, 6.07) is 17.2. The minimum absolute atomic E-state index is 0.107. The third-order valence-corrected chi connectivity index (χ3v) is 4.01. The number of pyridine rings is 1. The fraction of sp³-hybridized carbons (Fsp3) is 0.211. The fourth-order valence-corrected chi connectivity index (χ4v) is 2.88. The number of nitrogens with one attached hydrogen (secondary N) is 1. The number of nitrogens with zero attached hydrogens (tertiary/aromatic N) is 1. The van der Waals surface area contributed by atoms with E-state index in [1.54, 1.807) is 0 Å². The summed E-state index contributed by atoms with van der Waals surface area (Å²) in [7, 11) is 2.00. The first kappa shape index (κ1) is 13.8. The zero-order valence-electron chi connectivity index (χ0n) is 12.7. The van der Waals surface area contributed by atoms with E-state index in [-0.39, 0.29) is 6.04 Å². The summed E-state index contributed by atoms with van der Waals surface area (Å²) in [5.74, 6) is 0. The SMILES string of the molecule is CNC(c1cc(C)ccc1C)c1nccc2ccccc12. The minimum Gasteiger partial charge on any atom is -0.308 e. The molecule has 0 amide bonds. The van der Waals surface area contributed by atoms with Gasteiger partial charge in [-0.05, 0) is 43.5 Å². The van der Waals surface area contributed by atoms with Gasteiger partial charge >= 0.3 is 0 Å². The number of hydrogen-bond donors (Lipinski definition) is 1. The molecule has 3 rings (SSSR count). The van der Waals surface area contributed by atoms with E-state index in [1.165, 1.54) is 27.5 Å². The van der Waals surface area contributed by atoms with Crippen molar-refractivity contribution in [2.75, 3.05) is 7.05 Å². The molecule has 1 N–H and O–H groups in total. The number of fused-ring (bicyclic) bond motifs is 1. The zero-order valence-corrected chi connectivity index (χ0v) is 12.7. The molecule has 1 aromatic heterocycles. The van der Waals surface area contributed by atoms with Crippen molar-refractivity contribution in [2.45, 2.75) is 19.9 Å². The second kappa shape index (κ2) is 5.66. The topological polar surface area (TPSA) is 24.9 Å². The Morgan fingerprint density at radius 2 is 1.81 bits per heavy atom. The molecule has 0 spiro atoms. The smallest absolute Gasteiger partial charge is 0.0758 e. The highest BCUT2D eigenvalue weighted by molar-refractivity contribution is 5.85. The maximum atomic E-state index is 4.66. The Bertz CT molecular complexity index is 772. The summed E-state index contributed by atoms with van der Waals surface area (Å²) in [5, 5.41) is 5.87. The van der Waals surface area contributed by atoms with E-state index in [1.807, 2.05) is 13.2 Å². The molecule has 0 aliphatic heterocycles. The normalized spacial score (nSPS) is 12.5. The lowest BCUT2D eigenvalue weighted by Crippen LogP contribution is -2.20. The van der Waals surface area contributed by atoms with Gasteiger partial charge in [0, 0.05) is 11.6 Å². The third-order valence-electron chi connectivity index (χ3n) is 4.01. The average Bonchev–Trinajstić information content (AvgIpc) is 2.51. The second-order valence-corrected chi connectivity index (χ2v) is 5.50. The summed E-state index contributed by atoms with van der Waals surface area (Å²) in [6.45, 7) is 4.29. The van der Waals surface area contributed by atoms with Crippen LogP contribution in [0.5, 0.6) is 0 Å². The molecule has 0 fully saturated rings. The predicted molar refractivity (Wildman–Crippen MR) is 88.6 cm³/mol. The molecule has 2 heteroatoms. The number of benzene rings is 2. The van der Waals surface area contributed by atoms with Crippen LogP contribution in [-0.2, 0) is 0 Å². The van der Waals surface area contributed by atoms with E-state index in [9.17, 15) is 0 Å². The summed E-state index contributed by atoms with van der Waals surface area (Å²) in [5.41, 5.74) is 4.94. The molecule has 3 aromatic rings. The van der Waals surface area contributed by atoms with Crippen LogP contribution in [0.2, 0.25) is 0 Å². The molecular formula is C19H20N2. The van der Waals surface area contributed by atoms with Gasteiger partial charge in [0.25, 0.3) is 0 Å². The Kier molecular flexibility index (Phi) is 3.72. The van der Waals surface area contributed by atoms with Gasteiger partial charge in [-0.15, -0.1) is 0 Å². The molecule has 2 aromatic carbocycles. The van der Waals surface area contributed by atoms with Gasteiger partial charge in [-0.2, -0.15) is 0 Å². The average molecular weight is 276 g/mol. The Labute approximate surface area is 125 Å². The standard InChI is InChI=1S/C19H20N2/c1-13-8-9-14(2)17(12-13)18(20-3)19-16-7-5-4-6-15(16)10-11-21-19/h4-12,18,20H,1-3H3. The van der Waals surface area contributed by atoms with Crippen LogP contribution in [0.15, 0.2) is 54.7 Å². The van der Waals surface area contributed by atoms with Gasteiger partial charge in [-0.1, -0.05) is 48.0 Å². The van der Waals surface area contributed by atoms with Crippen molar-refractivity contribution in [1.82, 2.24) is 10.3 Å². The Morgan fingerprint density at radius 1 is 1.00 bits per heavy atom. The largest absolute Gasteiger partial charge is 0.308 e. The number of rotatable bonds is 3. The van der Waals surface area contributed by atoms with Crippen LogP contribution < -0.4 is 5.32 Å². The van der Waals surface area contributed by atoms with Crippen molar-refractivity contribution in [3.8, 4) is 0 Å². The molecule has 1 heterocycles. The minimum atomic E-state index is 0.107. The molecule has 0 saturated heterocycles. The molecule has 21 heavy (non-hydrogen) atoms. The highest BCUT2D eigenvalue weighted by Crippen LogP contribution is 2.29. The quantitative estimate of drug-likeness (QED) is 0.777. The van der Waals surface area contributed by atoms with Crippen molar-refractivity contribution in [3.63, 3.8) is 0 Å². The molecule has 106 valence electrons. The fourth-order valence-electron chi connectivity index (χ4n) is 2.88. The first-order valence-electron chi connectivity index (χ1n) is 7.29. The lowest BCUT2D eigenvalue weighted by molar-refractivity contribution is 0.672. The summed E-state index contributed by atoms with van der Waals surface area (Å²) < 4.78 is 0. The lowest BCUT2D eigenvalue weighted by atomic mass is 9.94. The molecule has 0 aliphatic carbocycles. The van der Waals surface area contributed by atoms with Crippen molar-refractivity contribution in [1.29, 1.82) is 0 Å². The lowest BCUT2D eigenvalue weighted by Gasteiger charge is -2.20. The highest BCUT2D eigenvalue weighted by Gasteiger charge is 2.18. The maximum absolute atomic E-state index is 4.66. The Hall–Kier alpha value is -2.19. The first-order valence-corrected chi connectivity index (χ1v) is 7.29. The molecule has 1 unspecified atom stereocenters. The van der Waals surface area contributed by atoms with E-state index in [2.05, 4.69) is 72.7 Å². The maximum Gasteiger partial charge on any atom is 0.0758 e. The van der Waals surface area contributed by atoms with Gasteiger partial charge in [-0.3, -0.25) is 4.98 Å². The van der Waals surface area contributed by atoms with Crippen LogP contribution in [0.3, 0.4) is 0 Å². The van der Waals surface area contributed by atoms with E-state index in [0.717, 1.165) is 5.69 Å². The van der Waals surface area contributed by atoms with Crippen molar-refractivity contribution in [3.05, 3.63) is 77.1 Å². The Balaban J connectivity index is 2.21. The second-order valence-electron chi connectivity index (χ2n) is 5.50. The van der Waals surface area contributed by atoms with E-state index in [0.29, 0.717) is 0 Å². The molecule has 0 bridgehead atoms. The van der Waals surface area contributed by atoms with Crippen LogP contribution in [0, 0.1) is 13.8 Å². The van der Waals surface area contributed by atoms with Crippen molar-refractivity contribution < 1.29 is 0 Å². The summed E-state index contributed by atoms with van der Waals surface area (Å²) in [4.78, 5) is 4.66. The predicted octanol–water partition coefficient (Wildman–Crippen LogP) is 4.16. The molecule has 0 radical (unpaired) electrons. The monoisotopic (exact) mass is 276 g/mol. The van der Waals surface area contributed by atoms with Crippen LogP contribution in [-0.4, -0.2) is 12.0 Å². The Morgan fingerprint density at radius 3 is 2.62 bits per heavy atom. The molecule has 1 atom stereocenters. The molecule has 0 saturated carbocycles. The van der Waals surface area contributed by atoms with Gasteiger partial charge in [-0.25, -0.2) is 0 Å². The van der Waals surface area contributed by atoms with Gasteiger partial charge in [0.2, 0.25) is 0 Å². The van der Waals surface area contributed by atoms with Crippen LogP contribution >= 0.6 is 0 Å². The van der Waals surface area contributed by atoms with Gasteiger partial charge in [0.1, 0.15) is 0 Å². The van der Waals surface area contributed by atoms with E-state index < -0.39 is 0 Å². The van der Waals surface area contributed by atoms with Gasteiger partial charge in [0.15, 0.2) is 0 Å². The van der Waals surface area contributed by atoms with Crippen LogP contribution in [0.4, 0.5) is 0 Å². The first-order chi connectivity index (χ1) is 10.2. The molecule has 0 aliphatic rings. The van der Waals surface area contributed by atoms with Crippen molar-refractivity contribution >= 4 is 10.8 Å². The third kappa shape index (κ3) is 2.55. The van der Waals surface area contributed by atoms with Crippen molar-refractivity contribution in [2.24, 2.45) is 0 Å². The van der Waals surface area contributed by atoms with Gasteiger partial charge < -0.3 is 5.32 Å². The number of hydrogen-bond acceptors (Lipinski definition) is 2. The summed E-state index contributed by atoms with van der Waals surface area (Å²) >= 11 is 0. The molecule has 2 nitrogen and oxygen atoms in total. The number of aryl methyl sites for hydroxylation is 2. The van der Waals surface area contributed by atoms with Crippen LogP contribution in [0.1, 0.15) is 28.4 Å². The van der Waals surface area contributed by atoms with Crippen LogP contribution in [0.25, 0.3) is 10.8 Å². The van der Waals surface area contributed by atoms with E-state index in [4.69, 9.17) is 0 Å². The van der Waals surface area contributed by atoms with E-state index >= 15 is 0 Å². The zero-order chi connectivity index (χ0) is 14.8. The molecular weight excluding hydrogens is 256 g/mol.